The zero-order valence-corrected chi connectivity index (χ0v) is 15.3. The maximum Gasteiger partial charge on any atom is 0.346 e. The molecule has 28 heavy (non-hydrogen) atoms. The predicted octanol–water partition coefficient (Wildman–Crippen LogP) is 2.73. The van der Waals surface area contributed by atoms with Crippen LogP contribution in [0.1, 0.15) is 27.6 Å². The molecule has 9 heteroatoms. The number of esters is 2. The summed E-state index contributed by atoms with van der Waals surface area (Å²) in [5, 5.41) is 28.2. The van der Waals surface area contributed by atoms with Crippen LogP contribution in [-0.2, 0) is 4.74 Å². The first-order chi connectivity index (χ1) is 13.3. The Labute approximate surface area is 160 Å². The lowest BCUT2D eigenvalue weighted by Crippen LogP contribution is -2.13. The summed E-state index contributed by atoms with van der Waals surface area (Å²) in [6.45, 7) is 1.75. The maximum atomic E-state index is 12.3. The third kappa shape index (κ3) is 4.26. The van der Waals surface area contributed by atoms with E-state index in [1.165, 1.54) is 32.6 Å². The van der Waals surface area contributed by atoms with E-state index < -0.39 is 29.2 Å². The minimum Gasteiger partial charge on any atom is -0.504 e. The van der Waals surface area contributed by atoms with Crippen LogP contribution in [0.3, 0.4) is 0 Å². The molecule has 148 valence electrons. The highest BCUT2D eigenvalue weighted by molar-refractivity contribution is 6.03. The average molecular weight is 390 g/mol. The Hall–Kier alpha value is -3.88. The molecule has 0 aliphatic carbocycles. The molecule has 0 amide bonds. The highest BCUT2D eigenvalue weighted by atomic mass is 16.6. The standard InChI is InChI=1S/C19H18O9/c1-4-5-27-17-14(25-2)8-11(9-15(17)26-3)19(24)28-18(23)10-6-12(20)16(22)13(21)7-10/h4-9,20-22H,1-3H3. The van der Waals surface area contributed by atoms with Crippen molar-refractivity contribution >= 4 is 11.9 Å². The van der Waals surface area contributed by atoms with Crippen molar-refractivity contribution in [3.8, 4) is 34.5 Å². The molecule has 0 spiro atoms. The van der Waals surface area contributed by atoms with Crippen molar-refractivity contribution in [3.63, 3.8) is 0 Å². The molecule has 3 N–H and O–H groups in total. The van der Waals surface area contributed by atoms with Gasteiger partial charge >= 0.3 is 11.9 Å². The maximum absolute atomic E-state index is 12.3. The van der Waals surface area contributed by atoms with Gasteiger partial charge in [0, 0.05) is 0 Å². The molecule has 2 aromatic carbocycles. The van der Waals surface area contributed by atoms with Gasteiger partial charge in [-0.25, -0.2) is 9.59 Å². The van der Waals surface area contributed by atoms with Crippen LogP contribution in [0.4, 0.5) is 0 Å². The Morgan fingerprint density at radius 3 is 1.75 bits per heavy atom. The molecule has 0 saturated carbocycles. The number of aromatic hydroxyl groups is 3. The van der Waals surface area contributed by atoms with Crippen LogP contribution in [0.15, 0.2) is 36.6 Å². The molecule has 0 saturated heterocycles. The number of benzene rings is 2. The Morgan fingerprint density at radius 1 is 0.857 bits per heavy atom. The second-order valence-corrected chi connectivity index (χ2v) is 5.34. The zero-order valence-electron chi connectivity index (χ0n) is 15.3. The van der Waals surface area contributed by atoms with Gasteiger partial charge in [-0.2, -0.15) is 0 Å². The lowest BCUT2D eigenvalue weighted by molar-refractivity contribution is 0.0396. The molecule has 2 aromatic rings. The number of phenolic OH excluding ortho intramolecular Hbond substituents is 3. The quantitative estimate of drug-likeness (QED) is 0.295. The minimum absolute atomic E-state index is 0.0675. The van der Waals surface area contributed by atoms with Crippen molar-refractivity contribution in [2.45, 2.75) is 6.92 Å². The number of allylic oxidation sites excluding steroid dienone is 1. The number of carbonyl (C=O) groups excluding carboxylic acids is 2. The molecule has 0 atom stereocenters. The Morgan fingerprint density at radius 2 is 1.32 bits per heavy atom. The van der Waals surface area contributed by atoms with Crippen LogP contribution < -0.4 is 14.2 Å². The number of carbonyl (C=O) groups is 2. The largest absolute Gasteiger partial charge is 0.504 e. The zero-order chi connectivity index (χ0) is 20.8. The van der Waals surface area contributed by atoms with E-state index >= 15 is 0 Å². The van der Waals surface area contributed by atoms with Gasteiger partial charge in [0.1, 0.15) is 0 Å². The van der Waals surface area contributed by atoms with Crippen LogP contribution >= 0.6 is 0 Å². The van der Waals surface area contributed by atoms with E-state index in [9.17, 15) is 24.9 Å². The summed E-state index contributed by atoms with van der Waals surface area (Å²) < 4.78 is 20.5. The molecular weight excluding hydrogens is 372 g/mol. The molecule has 0 fully saturated rings. The fraction of sp³-hybridized carbons (Fsp3) is 0.158. The second-order valence-electron chi connectivity index (χ2n) is 5.34. The Balaban J connectivity index is 2.32. The fourth-order valence-electron chi connectivity index (χ4n) is 2.17. The van der Waals surface area contributed by atoms with E-state index in [2.05, 4.69) is 0 Å². The van der Waals surface area contributed by atoms with Gasteiger partial charge < -0.3 is 34.3 Å². The van der Waals surface area contributed by atoms with E-state index in [4.69, 9.17) is 18.9 Å². The lowest BCUT2D eigenvalue weighted by Gasteiger charge is -2.13. The summed E-state index contributed by atoms with van der Waals surface area (Å²) in [5.41, 5.74) is -0.407. The van der Waals surface area contributed by atoms with Crippen molar-refractivity contribution in [2.24, 2.45) is 0 Å². The average Bonchev–Trinajstić information content (AvgIpc) is 2.69. The van der Waals surface area contributed by atoms with Crippen LogP contribution in [-0.4, -0.2) is 41.5 Å². The number of hydrogen-bond donors (Lipinski definition) is 3. The van der Waals surface area contributed by atoms with Crippen LogP contribution in [0.2, 0.25) is 0 Å². The summed E-state index contributed by atoms with van der Waals surface area (Å²) in [6.07, 6.45) is 3.04. The van der Waals surface area contributed by atoms with Gasteiger partial charge in [-0.1, -0.05) is 6.08 Å². The molecule has 0 aliphatic heterocycles. The van der Waals surface area contributed by atoms with Gasteiger partial charge in [-0.05, 0) is 31.2 Å². The third-order valence-corrected chi connectivity index (χ3v) is 3.51. The molecule has 0 aromatic heterocycles. The lowest BCUT2D eigenvalue weighted by atomic mass is 10.1. The first-order valence-corrected chi connectivity index (χ1v) is 7.87. The molecule has 0 bridgehead atoms. The van der Waals surface area contributed by atoms with E-state index in [0.29, 0.717) is 0 Å². The molecule has 2 rings (SSSR count). The highest BCUT2D eigenvalue weighted by Gasteiger charge is 2.22. The monoisotopic (exact) mass is 390 g/mol. The van der Waals surface area contributed by atoms with Crippen LogP contribution in [0.25, 0.3) is 0 Å². The smallest absolute Gasteiger partial charge is 0.346 e. The fourth-order valence-corrected chi connectivity index (χ4v) is 2.17. The van der Waals surface area contributed by atoms with Crippen molar-refractivity contribution in [1.29, 1.82) is 0 Å². The normalized spacial score (nSPS) is 10.5. The predicted molar refractivity (Wildman–Crippen MR) is 96.2 cm³/mol. The minimum atomic E-state index is -1.15. The number of ether oxygens (including phenoxy) is 4. The first-order valence-electron chi connectivity index (χ1n) is 7.87. The highest BCUT2D eigenvalue weighted by Crippen LogP contribution is 2.39. The summed E-state index contributed by atoms with van der Waals surface area (Å²) in [7, 11) is 2.72. The van der Waals surface area contributed by atoms with E-state index in [-0.39, 0.29) is 28.4 Å². The SMILES string of the molecule is CC=COc1c(OC)cc(C(=O)OC(=O)c2cc(O)c(O)c(O)c2)cc1OC. The van der Waals surface area contributed by atoms with Gasteiger partial charge in [0.05, 0.1) is 31.6 Å². The summed E-state index contributed by atoms with van der Waals surface area (Å²) in [5.74, 6) is -3.92. The number of phenols is 3. The van der Waals surface area contributed by atoms with Gasteiger partial charge in [0.25, 0.3) is 0 Å². The van der Waals surface area contributed by atoms with Crippen molar-refractivity contribution < 1.29 is 43.9 Å². The first kappa shape index (κ1) is 20.4. The molecule has 9 nitrogen and oxygen atoms in total. The van der Waals surface area contributed by atoms with Gasteiger partial charge in [0.15, 0.2) is 28.7 Å². The molecule has 0 aliphatic rings. The second kappa shape index (κ2) is 8.67. The molecular formula is C19H18O9. The topological polar surface area (TPSA) is 132 Å². The summed E-state index contributed by atoms with van der Waals surface area (Å²) >= 11 is 0. The molecule has 0 radical (unpaired) electrons. The Kier molecular flexibility index (Phi) is 6.33. The Bertz CT molecular complexity index is 883. The third-order valence-electron chi connectivity index (χ3n) is 3.51. The molecule has 0 unspecified atom stereocenters. The van der Waals surface area contributed by atoms with Crippen molar-refractivity contribution in [2.75, 3.05) is 14.2 Å². The van der Waals surface area contributed by atoms with Crippen LogP contribution in [0, 0.1) is 0 Å². The van der Waals surface area contributed by atoms with Gasteiger partial charge in [0.2, 0.25) is 5.75 Å². The summed E-state index contributed by atoms with van der Waals surface area (Å²) in [6, 6.07) is 4.28. The van der Waals surface area contributed by atoms with Crippen molar-refractivity contribution in [1.82, 2.24) is 0 Å². The van der Waals surface area contributed by atoms with E-state index in [1.54, 1.807) is 13.0 Å². The van der Waals surface area contributed by atoms with Gasteiger partial charge in [-0.15, -0.1) is 0 Å². The summed E-state index contributed by atoms with van der Waals surface area (Å²) in [4.78, 5) is 24.5. The van der Waals surface area contributed by atoms with Gasteiger partial charge in [-0.3, -0.25) is 0 Å². The number of methoxy groups -OCH3 is 2. The number of rotatable bonds is 6. The van der Waals surface area contributed by atoms with Crippen LogP contribution in [0.5, 0.6) is 34.5 Å². The van der Waals surface area contributed by atoms with E-state index in [1.807, 2.05) is 0 Å². The molecule has 0 heterocycles. The van der Waals surface area contributed by atoms with E-state index in [0.717, 1.165) is 12.1 Å². The van der Waals surface area contributed by atoms with Crippen molar-refractivity contribution in [3.05, 3.63) is 47.7 Å². The number of hydrogen-bond acceptors (Lipinski definition) is 9.